The molecule has 0 bridgehead atoms. The minimum atomic E-state index is 0.0561. The molecule has 0 aromatic rings. The molecule has 0 aromatic heterocycles. The van der Waals surface area contributed by atoms with Gasteiger partial charge in [-0.15, -0.1) is 0 Å². The molecule has 0 spiro atoms. The molecule has 1 N–H and O–H groups in total. The number of carbonyl (C=O) groups is 1. The summed E-state index contributed by atoms with van der Waals surface area (Å²) in [5.74, 6) is 0.339. The van der Waals surface area contributed by atoms with Crippen molar-refractivity contribution in [1.29, 1.82) is 0 Å². The minimum Gasteiger partial charge on any atom is -0.337 e. The number of nitrogens with one attached hydrogen (secondary N) is 1. The Hall–Kier alpha value is -0.650. The number of piperidine rings is 2. The van der Waals surface area contributed by atoms with Crippen LogP contribution in [-0.4, -0.2) is 86.6 Å². The third-order valence-corrected chi connectivity index (χ3v) is 4.81. The van der Waals surface area contributed by atoms with Crippen LogP contribution in [0.25, 0.3) is 0 Å². The fraction of sp³-hybridized carbons (Fsp3) is 0.938. The van der Waals surface area contributed by atoms with E-state index in [2.05, 4.69) is 41.2 Å². The van der Waals surface area contributed by atoms with Crippen molar-refractivity contribution in [3.05, 3.63) is 0 Å². The Labute approximate surface area is 129 Å². The lowest BCUT2D eigenvalue weighted by Gasteiger charge is -2.40. The molecule has 0 unspecified atom stereocenters. The molecule has 1 atom stereocenters. The van der Waals surface area contributed by atoms with Crippen LogP contribution in [0.5, 0.6) is 0 Å². The van der Waals surface area contributed by atoms with Gasteiger partial charge in [0, 0.05) is 19.1 Å². The molecular weight excluding hydrogens is 264 g/mol. The number of hydrogen-bond acceptors (Lipinski definition) is 4. The number of likely N-dealkylation sites (tertiary alicyclic amines) is 1. The summed E-state index contributed by atoms with van der Waals surface area (Å²) in [4.78, 5) is 19.6. The molecule has 0 aromatic carbocycles. The molecule has 2 fully saturated rings. The topological polar surface area (TPSA) is 38.8 Å². The van der Waals surface area contributed by atoms with Gasteiger partial charge in [-0.1, -0.05) is 6.42 Å². The standard InChI is InChI=1S/C16H32N4O/c1-18(2)12-13-20(14-7-10-19(3)11-8-14)16(21)15-6-4-5-9-17-15/h14-15,17H,4-13H2,1-3H3/t15-/m0/s1. The van der Waals surface area contributed by atoms with Crippen LogP contribution in [0, 0.1) is 0 Å². The summed E-state index contributed by atoms with van der Waals surface area (Å²) in [7, 11) is 6.33. The highest BCUT2D eigenvalue weighted by atomic mass is 16.2. The molecule has 5 heteroatoms. The Bertz CT molecular complexity index is 320. The molecule has 0 aliphatic carbocycles. The Morgan fingerprint density at radius 1 is 1.14 bits per heavy atom. The quantitative estimate of drug-likeness (QED) is 0.807. The average molecular weight is 296 g/mol. The Morgan fingerprint density at radius 2 is 1.86 bits per heavy atom. The first-order valence-electron chi connectivity index (χ1n) is 8.45. The molecule has 1 amide bonds. The summed E-state index contributed by atoms with van der Waals surface area (Å²) in [5, 5.41) is 3.42. The summed E-state index contributed by atoms with van der Waals surface area (Å²) in [5.41, 5.74) is 0. The van der Waals surface area contributed by atoms with E-state index in [9.17, 15) is 4.79 Å². The predicted octanol–water partition coefficient (Wildman–Crippen LogP) is 0.613. The summed E-state index contributed by atoms with van der Waals surface area (Å²) in [6.07, 6.45) is 5.61. The smallest absolute Gasteiger partial charge is 0.239 e. The molecule has 2 aliphatic rings. The fourth-order valence-corrected chi connectivity index (χ4v) is 3.35. The molecule has 0 saturated carbocycles. The number of nitrogens with zero attached hydrogens (tertiary/aromatic N) is 3. The van der Waals surface area contributed by atoms with Crippen LogP contribution in [0.4, 0.5) is 0 Å². The maximum Gasteiger partial charge on any atom is 0.239 e. The zero-order valence-corrected chi connectivity index (χ0v) is 14.0. The van der Waals surface area contributed by atoms with E-state index in [4.69, 9.17) is 0 Å². The Kier molecular flexibility index (Phi) is 6.45. The largest absolute Gasteiger partial charge is 0.337 e. The van der Waals surface area contributed by atoms with Gasteiger partial charge >= 0.3 is 0 Å². The molecule has 21 heavy (non-hydrogen) atoms. The first-order valence-corrected chi connectivity index (χ1v) is 8.45. The van der Waals surface area contributed by atoms with Gasteiger partial charge in [0.25, 0.3) is 0 Å². The molecular formula is C16H32N4O. The number of amides is 1. The second-order valence-corrected chi connectivity index (χ2v) is 6.87. The monoisotopic (exact) mass is 296 g/mol. The highest BCUT2D eigenvalue weighted by Crippen LogP contribution is 2.19. The molecule has 2 rings (SSSR count). The van der Waals surface area contributed by atoms with Gasteiger partial charge in [0.05, 0.1) is 6.04 Å². The molecule has 2 aliphatic heterocycles. The van der Waals surface area contributed by atoms with Crippen molar-refractivity contribution in [2.75, 3.05) is 53.9 Å². The van der Waals surface area contributed by atoms with Crippen LogP contribution < -0.4 is 5.32 Å². The lowest BCUT2D eigenvalue weighted by molar-refractivity contribution is -0.137. The van der Waals surface area contributed by atoms with Crippen molar-refractivity contribution in [2.24, 2.45) is 0 Å². The van der Waals surface area contributed by atoms with E-state index >= 15 is 0 Å². The Balaban J connectivity index is 1.98. The zero-order chi connectivity index (χ0) is 15.2. The van der Waals surface area contributed by atoms with Gasteiger partial charge in [-0.25, -0.2) is 0 Å². The third kappa shape index (κ3) is 4.94. The molecule has 2 saturated heterocycles. The van der Waals surface area contributed by atoms with Gasteiger partial charge < -0.3 is 20.0 Å². The predicted molar refractivity (Wildman–Crippen MR) is 86.4 cm³/mol. The SMILES string of the molecule is CN(C)CCN(C(=O)[C@@H]1CCCCN1)C1CCN(C)CC1. The van der Waals surface area contributed by atoms with Crippen molar-refractivity contribution in [1.82, 2.24) is 20.0 Å². The van der Waals surface area contributed by atoms with E-state index in [-0.39, 0.29) is 6.04 Å². The normalized spacial score (nSPS) is 25.2. The van der Waals surface area contributed by atoms with Crippen LogP contribution in [0.2, 0.25) is 0 Å². The van der Waals surface area contributed by atoms with Gasteiger partial charge in [-0.3, -0.25) is 4.79 Å². The highest BCUT2D eigenvalue weighted by Gasteiger charge is 2.31. The van der Waals surface area contributed by atoms with Crippen molar-refractivity contribution in [3.8, 4) is 0 Å². The molecule has 0 radical (unpaired) electrons. The van der Waals surface area contributed by atoms with E-state index in [1.165, 1.54) is 12.8 Å². The Morgan fingerprint density at radius 3 is 2.43 bits per heavy atom. The van der Waals surface area contributed by atoms with Crippen LogP contribution in [0.1, 0.15) is 32.1 Å². The first kappa shape index (κ1) is 16.7. The van der Waals surface area contributed by atoms with E-state index in [0.29, 0.717) is 11.9 Å². The van der Waals surface area contributed by atoms with Crippen molar-refractivity contribution < 1.29 is 4.79 Å². The summed E-state index contributed by atoms with van der Waals surface area (Å²) >= 11 is 0. The lowest BCUT2D eigenvalue weighted by Crippen LogP contribution is -2.55. The lowest BCUT2D eigenvalue weighted by atomic mass is 9.99. The fourth-order valence-electron chi connectivity index (χ4n) is 3.35. The van der Waals surface area contributed by atoms with Crippen molar-refractivity contribution >= 4 is 5.91 Å². The average Bonchev–Trinajstić information content (AvgIpc) is 2.49. The second kappa shape index (κ2) is 8.11. The summed E-state index contributed by atoms with van der Waals surface area (Å²) in [6.45, 7) is 5.01. The molecule has 2 heterocycles. The van der Waals surface area contributed by atoms with Crippen LogP contribution >= 0.6 is 0 Å². The number of hydrogen-bond donors (Lipinski definition) is 1. The first-order chi connectivity index (χ1) is 10.1. The van der Waals surface area contributed by atoms with Crippen LogP contribution in [0.3, 0.4) is 0 Å². The van der Waals surface area contributed by atoms with Gasteiger partial charge in [0.15, 0.2) is 0 Å². The van der Waals surface area contributed by atoms with Crippen molar-refractivity contribution in [3.63, 3.8) is 0 Å². The molecule has 122 valence electrons. The van der Waals surface area contributed by atoms with Crippen LogP contribution in [-0.2, 0) is 4.79 Å². The van der Waals surface area contributed by atoms with E-state index in [0.717, 1.165) is 52.0 Å². The van der Waals surface area contributed by atoms with Gasteiger partial charge in [0.1, 0.15) is 0 Å². The highest BCUT2D eigenvalue weighted by molar-refractivity contribution is 5.82. The van der Waals surface area contributed by atoms with E-state index in [1.54, 1.807) is 0 Å². The number of likely N-dealkylation sites (N-methyl/N-ethyl adjacent to an activating group) is 1. The zero-order valence-electron chi connectivity index (χ0n) is 14.0. The number of carbonyl (C=O) groups excluding carboxylic acids is 1. The van der Waals surface area contributed by atoms with E-state index < -0.39 is 0 Å². The minimum absolute atomic E-state index is 0.0561. The van der Waals surface area contributed by atoms with Gasteiger partial charge in [0.2, 0.25) is 5.91 Å². The number of rotatable bonds is 5. The van der Waals surface area contributed by atoms with Gasteiger partial charge in [-0.2, -0.15) is 0 Å². The second-order valence-electron chi connectivity index (χ2n) is 6.87. The summed E-state index contributed by atoms with van der Waals surface area (Å²) in [6, 6.07) is 0.484. The summed E-state index contributed by atoms with van der Waals surface area (Å²) < 4.78 is 0. The third-order valence-electron chi connectivity index (χ3n) is 4.81. The van der Waals surface area contributed by atoms with E-state index in [1.807, 2.05) is 0 Å². The molecule has 5 nitrogen and oxygen atoms in total. The maximum absolute atomic E-state index is 12.9. The van der Waals surface area contributed by atoms with Crippen molar-refractivity contribution in [2.45, 2.75) is 44.2 Å². The maximum atomic E-state index is 12.9. The van der Waals surface area contributed by atoms with Crippen LogP contribution in [0.15, 0.2) is 0 Å². The van der Waals surface area contributed by atoms with Gasteiger partial charge in [-0.05, 0) is 66.5 Å².